The van der Waals surface area contributed by atoms with Crippen molar-refractivity contribution in [3.8, 4) is 5.75 Å². The number of hydrogen-bond acceptors (Lipinski definition) is 5. The average molecular weight is 439 g/mol. The van der Waals surface area contributed by atoms with Crippen molar-refractivity contribution in [3.63, 3.8) is 0 Å². The zero-order valence-corrected chi connectivity index (χ0v) is 19.4. The molecular weight excluding hydrogens is 408 g/mol. The largest absolute Gasteiger partial charge is 0.488 e. The molecule has 1 aromatic carbocycles. The van der Waals surface area contributed by atoms with Gasteiger partial charge in [0.05, 0.1) is 6.54 Å². The summed E-state index contributed by atoms with van der Waals surface area (Å²) in [5.41, 5.74) is 0.751. The van der Waals surface area contributed by atoms with Gasteiger partial charge >= 0.3 is 0 Å². The number of para-hydroxylation sites is 1. The fourth-order valence-electron chi connectivity index (χ4n) is 2.42. The van der Waals surface area contributed by atoms with Crippen molar-refractivity contribution >= 4 is 27.3 Å². The molecule has 0 fully saturated rings. The molecule has 1 heterocycles. The van der Waals surface area contributed by atoms with E-state index in [0.717, 1.165) is 16.2 Å². The summed E-state index contributed by atoms with van der Waals surface area (Å²) < 4.78 is 32.0. The van der Waals surface area contributed by atoms with Crippen LogP contribution in [0.25, 0.3) is 0 Å². The van der Waals surface area contributed by atoms with Gasteiger partial charge < -0.3 is 15.4 Å². The molecule has 2 N–H and O–H groups in total. The highest BCUT2D eigenvalue weighted by Gasteiger charge is 2.19. The Morgan fingerprint density at radius 2 is 1.76 bits per heavy atom. The maximum absolute atomic E-state index is 12.2. The number of hydrogen-bond donors (Lipinski definition) is 2. The third-order valence-corrected chi connectivity index (χ3v) is 7.23. The first kappa shape index (κ1) is 23.2. The summed E-state index contributed by atoms with van der Waals surface area (Å²) in [6.07, 6.45) is 0. The third-order valence-electron chi connectivity index (χ3n) is 3.86. The van der Waals surface area contributed by atoms with Crippen molar-refractivity contribution in [2.75, 3.05) is 21.1 Å². The lowest BCUT2D eigenvalue weighted by Gasteiger charge is -2.23. The van der Waals surface area contributed by atoms with Gasteiger partial charge in [-0.3, -0.25) is 4.99 Å². The molecule has 0 radical (unpaired) electrons. The van der Waals surface area contributed by atoms with Crippen LogP contribution in [0.4, 0.5) is 0 Å². The van der Waals surface area contributed by atoms with Crippen molar-refractivity contribution in [2.45, 2.75) is 43.7 Å². The third kappa shape index (κ3) is 6.73. The number of rotatable bonds is 7. The molecule has 0 saturated carbocycles. The Hall–Kier alpha value is -2.10. The van der Waals surface area contributed by atoms with Gasteiger partial charge in [-0.1, -0.05) is 18.2 Å². The first-order chi connectivity index (χ1) is 13.5. The Morgan fingerprint density at radius 1 is 1.10 bits per heavy atom. The molecule has 0 aliphatic carbocycles. The zero-order chi connectivity index (χ0) is 21.7. The molecule has 0 atom stereocenters. The Morgan fingerprint density at radius 3 is 2.38 bits per heavy atom. The fraction of sp³-hybridized carbons (Fsp3) is 0.450. The van der Waals surface area contributed by atoms with E-state index in [9.17, 15) is 8.42 Å². The van der Waals surface area contributed by atoms with Crippen LogP contribution in [-0.4, -0.2) is 45.4 Å². The van der Waals surface area contributed by atoms with Crippen LogP contribution in [0.2, 0.25) is 0 Å². The molecule has 160 valence electrons. The lowest BCUT2D eigenvalue weighted by atomic mass is 10.1. The minimum atomic E-state index is -3.40. The van der Waals surface area contributed by atoms with Crippen molar-refractivity contribution < 1.29 is 13.2 Å². The smallest absolute Gasteiger partial charge is 0.252 e. The molecule has 7 nitrogen and oxygen atoms in total. The molecule has 0 amide bonds. The van der Waals surface area contributed by atoms with E-state index >= 15 is 0 Å². The van der Waals surface area contributed by atoms with E-state index in [-0.39, 0.29) is 5.60 Å². The molecule has 0 saturated heterocycles. The Kier molecular flexibility index (Phi) is 7.67. The van der Waals surface area contributed by atoms with E-state index in [1.54, 1.807) is 13.1 Å². The first-order valence-electron chi connectivity index (χ1n) is 9.25. The van der Waals surface area contributed by atoms with Crippen LogP contribution in [0.3, 0.4) is 0 Å². The van der Waals surface area contributed by atoms with Crippen LogP contribution < -0.4 is 15.4 Å². The fourth-order valence-corrected chi connectivity index (χ4v) is 4.89. The van der Waals surface area contributed by atoms with Gasteiger partial charge in [0.1, 0.15) is 15.6 Å². The predicted octanol–water partition coefficient (Wildman–Crippen LogP) is 3.04. The zero-order valence-electron chi connectivity index (χ0n) is 17.8. The summed E-state index contributed by atoms with van der Waals surface area (Å²) in [5.74, 6) is 1.46. The number of benzene rings is 1. The molecule has 0 spiro atoms. The van der Waals surface area contributed by atoms with Gasteiger partial charge in [0.25, 0.3) is 10.0 Å². The van der Waals surface area contributed by atoms with Crippen LogP contribution >= 0.6 is 11.3 Å². The lowest BCUT2D eigenvalue weighted by molar-refractivity contribution is 0.129. The molecule has 1 aromatic heterocycles. The van der Waals surface area contributed by atoms with E-state index in [1.165, 1.54) is 29.7 Å². The van der Waals surface area contributed by atoms with E-state index < -0.39 is 10.0 Å². The molecule has 0 aliphatic heterocycles. The Balaban J connectivity index is 1.97. The van der Waals surface area contributed by atoms with Crippen molar-refractivity contribution in [1.82, 2.24) is 14.9 Å². The van der Waals surface area contributed by atoms with E-state index in [0.29, 0.717) is 23.3 Å². The highest BCUT2D eigenvalue weighted by molar-refractivity contribution is 7.91. The molecule has 2 rings (SSSR count). The topological polar surface area (TPSA) is 83.0 Å². The van der Waals surface area contributed by atoms with Gasteiger partial charge in [-0.15, -0.1) is 11.3 Å². The van der Waals surface area contributed by atoms with Gasteiger partial charge in [0, 0.05) is 38.1 Å². The maximum atomic E-state index is 12.2. The second kappa shape index (κ2) is 9.60. The lowest BCUT2D eigenvalue weighted by Crippen LogP contribution is -2.36. The van der Waals surface area contributed by atoms with Crippen molar-refractivity contribution in [3.05, 3.63) is 46.8 Å². The van der Waals surface area contributed by atoms with Gasteiger partial charge in [-0.05, 0) is 39.0 Å². The molecule has 29 heavy (non-hydrogen) atoms. The van der Waals surface area contributed by atoms with E-state index in [4.69, 9.17) is 4.74 Å². The van der Waals surface area contributed by atoms with Gasteiger partial charge in [0.2, 0.25) is 0 Å². The number of guanidine groups is 1. The van der Waals surface area contributed by atoms with Gasteiger partial charge in [0.15, 0.2) is 5.96 Å². The number of ether oxygens (including phenoxy) is 1. The number of nitrogens with one attached hydrogen (secondary N) is 2. The summed E-state index contributed by atoms with van der Waals surface area (Å²) in [6, 6.07) is 11.3. The monoisotopic (exact) mass is 438 g/mol. The predicted molar refractivity (Wildman–Crippen MR) is 119 cm³/mol. The normalized spacial score (nSPS) is 12.9. The van der Waals surface area contributed by atoms with Crippen molar-refractivity contribution in [1.29, 1.82) is 0 Å². The van der Waals surface area contributed by atoms with Crippen LogP contribution in [0, 0.1) is 0 Å². The van der Waals surface area contributed by atoms with Crippen LogP contribution in [0.5, 0.6) is 5.75 Å². The molecule has 9 heteroatoms. The molecule has 0 bridgehead atoms. The van der Waals surface area contributed by atoms with Crippen LogP contribution in [-0.2, 0) is 23.1 Å². The van der Waals surface area contributed by atoms with Crippen LogP contribution in [0.1, 0.15) is 31.2 Å². The minimum Gasteiger partial charge on any atom is -0.488 e. The summed E-state index contributed by atoms with van der Waals surface area (Å²) in [5, 5.41) is 6.49. The molecule has 2 aromatic rings. The molecular formula is C20H30N4O3S2. The first-order valence-corrected chi connectivity index (χ1v) is 11.5. The highest BCUT2D eigenvalue weighted by atomic mass is 32.2. The summed E-state index contributed by atoms with van der Waals surface area (Å²) in [6.45, 7) is 7.08. The van der Waals surface area contributed by atoms with Crippen molar-refractivity contribution in [2.24, 2.45) is 4.99 Å². The number of nitrogens with zero attached hydrogens (tertiary/aromatic N) is 2. The number of aliphatic imine (C=N–C) groups is 1. The Bertz CT molecular complexity index is 945. The second-order valence-electron chi connectivity index (χ2n) is 7.61. The second-order valence-corrected chi connectivity index (χ2v) is 11.2. The highest BCUT2D eigenvalue weighted by Crippen LogP contribution is 2.24. The summed E-state index contributed by atoms with van der Waals surface area (Å²) in [7, 11) is 1.35. The Labute approximate surface area is 177 Å². The standard InChI is InChI=1S/C20H30N4O3S2/c1-20(2,3)27-17-10-8-7-9-15(17)13-22-19(21-4)23-14-16-11-12-18(28-16)29(25,26)24(5)6/h7-12H,13-14H2,1-6H3,(H2,21,22,23). The number of sulfonamides is 1. The molecule has 0 unspecified atom stereocenters. The van der Waals surface area contributed by atoms with Crippen LogP contribution in [0.15, 0.2) is 45.6 Å². The van der Waals surface area contributed by atoms with E-state index in [1.807, 2.05) is 51.1 Å². The summed E-state index contributed by atoms with van der Waals surface area (Å²) >= 11 is 1.25. The van der Waals surface area contributed by atoms with Gasteiger partial charge in [-0.25, -0.2) is 12.7 Å². The maximum Gasteiger partial charge on any atom is 0.252 e. The SMILES string of the molecule is CN=C(NCc1ccc(S(=O)(=O)N(C)C)s1)NCc1ccccc1OC(C)(C)C. The molecule has 0 aliphatic rings. The van der Waals surface area contributed by atoms with Gasteiger partial charge in [-0.2, -0.15) is 0 Å². The number of thiophene rings is 1. The quantitative estimate of drug-likeness (QED) is 0.513. The minimum absolute atomic E-state index is 0.278. The van der Waals surface area contributed by atoms with E-state index in [2.05, 4.69) is 15.6 Å². The summed E-state index contributed by atoms with van der Waals surface area (Å²) in [4.78, 5) is 5.15. The average Bonchev–Trinajstić information content (AvgIpc) is 3.11.